The normalized spacial score (nSPS) is 12.0. The van der Waals surface area contributed by atoms with E-state index in [-0.39, 0.29) is 5.69 Å². The van der Waals surface area contributed by atoms with Crippen LogP contribution in [0.2, 0.25) is 0 Å². The molecule has 2 aromatic heterocycles. The number of thiazole rings is 1. The summed E-state index contributed by atoms with van der Waals surface area (Å²) >= 11 is 1.24. The molecule has 2 heterocycles. The first kappa shape index (κ1) is 18.9. The standard InChI is InChI=1S/C17H19N5O4S/c1-4-26-8-7-21-13-6-5-12(22(24)25)9-14(13)27-17(21)19-16(23)15-11(2)10-18-20(15)3/h5-6,9-10H,4,7-8H2,1-3H3. The number of nitro benzene ring substituents is 1. The molecule has 0 aliphatic carbocycles. The van der Waals surface area contributed by atoms with Crippen molar-refractivity contribution in [1.82, 2.24) is 14.3 Å². The van der Waals surface area contributed by atoms with Gasteiger partial charge in [-0.1, -0.05) is 11.3 Å². The van der Waals surface area contributed by atoms with Crippen molar-refractivity contribution in [3.63, 3.8) is 0 Å². The molecule has 0 bridgehead atoms. The highest BCUT2D eigenvalue weighted by molar-refractivity contribution is 7.16. The van der Waals surface area contributed by atoms with E-state index in [0.29, 0.717) is 35.0 Å². The number of rotatable bonds is 6. The molecule has 10 heteroatoms. The zero-order chi connectivity index (χ0) is 19.6. The summed E-state index contributed by atoms with van der Waals surface area (Å²) in [6.45, 7) is 5.22. The molecule has 0 spiro atoms. The minimum atomic E-state index is -0.440. The van der Waals surface area contributed by atoms with Crippen LogP contribution in [0.4, 0.5) is 5.69 Å². The van der Waals surface area contributed by atoms with E-state index in [0.717, 1.165) is 11.1 Å². The van der Waals surface area contributed by atoms with E-state index < -0.39 is 10.8 Å². The number of non-ortho nitro benzene ring substituents is 1. The van der Waals surface area contributed by atoms with Crippen LogP contribution in [0.5, 0.6) is 0 Å². The first-order valence-corrected chi connectivity index (χ1v) is 9.17. The van der Waals surface area contributed by atoms with Crippen LogP contribution in [0.25, 0.3) is 10.2 Å². The molecule has 0 unspecified atom stereocenters. The largest absolute Gasteiger partial charge is 0.380 e. The van der Waals surface area contributed by atoms with Gasteiger partial charge < -0.3 is 9.30 Å². The van der Waals surface area contributed by atoms with Crippen LogP contribution in [-0.4, -0.2) is 38.4 Å². The van der Waals surface area contributed by atoms with Crippen LogP contribution in [0.15, 0.2) is 29.4 Å². The second-order valence-electron chi connectivity index (χ2n) is 5.86. The molecule has 0 aliphatic rings. The SMILES string of the molecule is CCOCCn1c(=NC(=O)c2c(C)cnn2C)sc2cc([N+](=O)[O-])ccc21. The zero-order valence-corrected chi connectivity index (χ0v) is 16.0. The molecule has 1 amide bonds. The van der Waals surface area contributed by atoms with Crippen LogP contribution in [0, 0.1) is 17.0 Å². The lowest BCUT2D eigenvalue weighted by atomic mass is 10.3. The van der Waals surface area contributed by atoms with Crippen LogP contribution in [0.3, 0.4) is 0 Å². The summed E-state index contributed by atoms with van der Waals surface area (Å²) < 4.78 is 9.45. The molecule has 3 rings (SSSR count). The van der Waals surface area contributed by atoms with Crippen LogP contribution >= 0.6 is 11.3 Å². The van der Waals surface area contributed by atoms with Gasteiger partial charge in [0.1, 0.15) is 5.69 Å². The predicted molar refractivity (Wildman–Crippen MR) is 101 cm³/mol. The van der Waals surface area contributed by atoms with Gasteiger partial charge in [0.05, 0.1) is 27.9 Å². The van der Waals surface area contributed by atoms with Crippen molar-refractivity contribution in [3.05, 3.63) is 50.6 Å². The number of hydrogen-bond acceptors (Lipinski definition) is 6. The second kappa shape index (κ2) is 7.80. The Morgan fingerprint density at radius 1 is 1.44 bits per heavy atom. The van der Waals surface area contributed by atoms with Gasteiger partial charge in [0.15, 0.2) is 4.80 Å². The molecule has 27 heavy (non-hydrogen) atoms. The number of carbonyl (C=O) groups is 1. The molecular weight excluding hydrogens is 370 g/mol. The molecule has 0 atom stereocenters. The topological polar surface area (TPSA) is 105 Å². The predicted octanol–water partition coefficient (Wildman–Crippen LogP) is 2.43. The van der Waals surface area contributed by atoms with Crippen LogP contribution < -0.4 is 4.80 Å². The molecule has 9 nitrogen and oxygen atoms in total. The fraction of sp³-hybridized carbons (Fsp3) is 0.353. The van der Waals surface area contributed by atoms with E-state index in [2.05, 4.69) is 10.1 Å². The van der Waals surface area contributed by atoms with Crippen molar-refractivity contribution < 1.29 is 14.5 Å². The van der Waals surface area contributed by atoms with Crippen molar-refractivity contribution in [1.29, 1.82) is 0 Å². The minimum absolute atomic E-state index is 0.000985. The maximum Gasteiger partial charge on any atom is 0.298 e. The Balaban J connectivity index is 2.13. The van der Waals surface area contributed by atoms with Gasteiger partial charge in [0.2, 0.25) is 0 Å². The van der Waals surface area contributed by atoms with E-state index in [1.807, 2.05) is 11.5 Å². The summed E-state index contributed by atoms with van der Waals surface area (Å²) in [6, 6.07) is 4.62. The summed E-state index contributed by atoms with van der Waals surface area (Å²) in [5, 5.41) is 15.1. The Hall–Kier alpha value is -2.85. The van der Waals surface area contributed by atoms with E-state index in [1.165, 1.54) is 28.2 Å². The Morgan fingerprint density at radius 3 is 2.85 bits per heavy atom. The third-order valence-electron chi connectivity index (χ3n) is 4.06. The number of aryl methyl sites for hydroxylation is 2. The molecule has 1 aromatic carbocycles. The third-order valence-corrected chi connectivity index (χ3v) is 5.10. The minimum Gasteiger partial charge on any atom is -0.380 e. The smallest absolute Gasteiger partial charge is 0.298 e. The number of fused-ring (bicyclic) bond motifs is 1. The number of hydrogen-bond donors (Lipinski definition) is 0. The van der Waals surface area contributed by atoms with E-state index >= 15 is 0 Å². The van der Waals surface area contributed by atoms with Crippen molar-refractivity contribution >= 4 is 33.1 Å². The summed E-state index contributed by atoms with van der Waals surface area (Å²) in [5.74, 6) is -0.404. The van der Waals surface area contributed by atoms with E-state index in [1.54, 1.807) is 26.2 Å². The number of aromatic nitrogens is 3. The highest BCUT2D eigenvalue weighted by Gasteiger charge is 2.16. The van der Waals surface area contributed by atoms with Gasteiger partial charge in [-0.05, 0) is 19.9 Å². The number of ether oxygens (including phenoxy) is 1. The van der Waals surface area contributed by atoms with Gasteiger partial charge in [0.25, 0.3) is 11.6 Å². The lowest BCUT2D eigenvalue weighted by molar-refractivity contribution is -0.384. The van der Waals surface area contributed by atoms with E-state index in [9.17, 15) is 14.9 Å². The molecule has 142 valence electrons. The number of nitro groups is 1. The Labute approximate surface area is 158 Å². The van der Waals surface area contributed by atoms with Crippen LogP contribution in [0.1, 0.15) is 23.0 Å². The Morgan fingerprint density at radius 2 is 2.22 bits per heavy atom. The second-order valence-corrected chi connectivity index (χ2v) is 6.87. The molecule has 3 aromatic rings. The average molecular weight is 389 g/mol. The molecular formula is C17H19N5O4S. The van der Waals surface area contributed by atoms with Gasteiger partial charge in [0, 0.05) is 37.9 Å². The van der Waals surface area contributed by atoms with Gasteiger partial charge in [-0.15, -0.1) is 0 Å². The third kappa shape index (κ3) is 3.81. The molecule has 0 radical (unpaired) electrons. The van der Waals surface area contributed by atoms with Crippen molar-refractivity contribution in [2.45, 2.75) is 20.4 Å². The average Bonchev–Trinajstić information content (AvgIpc) is 3.14. The highest BCUT2D eigenvalue weighted by atomic mass is 32.1. The Kier molecular flexibility index (Phi) is 5.47. The summed E-state index contributed by atoms with van der Waals surface area (Å²) in [5.41, 5.74) is 1.93. The lowest BCUT2D eigenvalue weighted by Crippen LogP contribution is -2.20. The molecule has 0 saturated carbocycles. The fourth-order valence-electron chi connectivity index (χ4n) is 2.77. The molecule has 0 aliphatic heterocycles. The number of amides is 1. The highest BCUT2D eigenvalue weighted by Crippen LogP contribution is 2.23. The molecule has 0 N–H and O–H groups in total. The monoisotopic (exact) mass is 389 g/mol. The summed E-state index contributed by atoms with van der Waals surface area (Å²) in [6.07, 6.45) is 1.61. The lowest BCUT2D eigenvalue weighted by Gasteiger charge is -2.05. The van der Waals surface area contributed by atoms with Gasteiger partial charge in [-0.2, -0.15) is 10.1 Å². The van der Waals surface area contributed by atoms with Gasteiger partial charge in [-0.25, -0.2) is 0 Å². The maximum absolute atomic E-state index is 12.7. The first-order chi connectivity index (χ1) is 12.9. The Bertz CT molecular complexity index is 1060. The quantitative estimate of drug-likeness (QED) is 0.366. The summed E-state index contributed by atoms with van der Waals surface area (Å²) in [4.78, 5) is 28.0. The fourth-order valence-corrected chi connectivity index (χ4v) is 3.86. The molecule has 0 fully saturated rings. The van der Waals surface area contributed by atoms with Crippen molar-refractivity contribution in [2.24, 2.45) is 12.0 Å². The van der Waals surface area contributed by atoms with Crippen molar-refractivity contribution in [2.75, 3.05) is 13.2 Å². The molecule has 0 saturated heterocycles. The first-order valence-electron chi connectivity index (χ1n) is 8.35. The zero-order valence-electron chi connectivity index (χ0n) is 15.2. The number of benzene rings is 1. The van der Waals surface area contributed by atoms with Crippen LogP contribution in [-0.2, 0) is 18.3 Å². The van der Waals surface area contributed by atoms with Crippen molar-refractivity contribution in [3.8, 4) is 0 Å². The number of nitrogens with zero attached hydrogens (tertiary/aromatic N) is 5. The number of carbonyl (C=O) groups excluding carboxylic acids is 1. The van der Waals surface area contributed by atoms with Gasteiger partial charge in [-0.3, -0.25) is 19.6 Å². The summed E-state index contributed by atoms with van der Waals surface area (Å²) in [7, 11) is 1.69. The maximum atomic E-state index is 12.7. The van der Waals surface area contributed by atoms with E-state index in [4.69, 9.17) is 4.74 Å². The van der Waals surface area contributed by atoms with Gasteiger partial charge >= 0.3 is 0 Å².